The molecule has 0 radical (unpaired) electrons. The van der Waals surface area contributed by atoms with E-state index in [4.69, 9.17) is 0 Å². The molecule has 1 N–H and O–H groups in total. The summed E-state index contributed by atoms with van der Waals surface area (Å²) in [7, 11) is 0. The van der Waals surface area contributed by atoms with Gasteiger partial charge < -0.3 is 4.90 Å². The highest BCUT2D eigenvalue weighted by molar-refractivity contribution is 5.78. The van der Waals surface area contributed by atoms with Gasteiger partial charge in [-0.3, -0.25) is 14.7 Å². The van der Waals surface area contributed by atoms with Crippen molar-refractivity contribution in [2.24, 2.45) is 0 Å². The van der Waals surface area contributed by atoms with E-state index in [0.717, 1.165) is 31.7 Å². The van der Waals surface area contributed by atoms with Crippen LogP contribution in [0.1, 0.15) is 13.8 Å². The van der Waals surface area contributed by atoms with Crippen LogP contribution in [0.4, 0.5) is 5.95 Å². The predicted octanol–water partition coefficient (Wildman–Crippen LogP) is 1.45. The molecule has 3 rings (SSSR count). The van der Waals surface area contributed by atoms with E-state index in [9.17, 15) is 4.79 Å². The van der Waals surface area contributed by atoms with Gasteiger partial charge in [0, 0.05) is 32.2 Å². The van der Waals surface area contributed by atoms with E-state index in [-0.39, 0.29) is 5.56 Å². The number of hydrogen-bond donors (Lipinski definition) is 1. The van der Waals surface area contributed by atoms with E-state index < -0.39 is 0 Å². The molecule has 2 aromatic rings. The fraction of sp³-hybridized carbons (Fsp3) is 0.467. The lowest BCUT2D eigenvalue weighted by molar-refractivity contribution is 0.208. The zero-order valence-corrected chi connectivity index (χ0v) is 12.0. The Morgan fingerprint density at radius 1 is 1.15 bits per heavy atom. The average Bonchev–Trinajstić information content (AvgIpc) is 2.47. The van der Waals surface area contributed by atoms with Gasteiger partial charge in [0.15, 0.2) is 0 Å². The number of nitrogens with one attached hydrogen (secondary N) is 1. The predicted molar refractivity (Wildman–Crippen MR) is 81.3 cm³/mol. The quantitative estimate of drug-likeness (QED) is 0.899. The summed E-state index contributed by atoms with van der Waals surface area (Å²) in [5.41, 5.74) is 0.703. The minimum atomic E-state index is -0.0584. The molecule has 1 aromatic carbocycles. The number of hydrogen-bond acceptors (Lipinski definition) is 4. The summed E-state index contributed by atoms with van der Waals surface area (Å²) in [5, 5.41) is 0.650. The van der Waals surface area contributed by atoms with E-state index in [0.29, 0.717) is 17.4 Å². The fourth-order valence-electron chi connectivity index (χ4n) is 2.67. The maximum atomic E-state index is 12.1. The molecular formula is C15H20N4O. The van der Waals surface area contributed by atoms with Crippen LogP contribution in [-0.4, -0.2) is 47.1 Å². The van der Waals surface area contributed by atoms with Crippen molar-refractivity contribution in [2.45, 2.75) is 19.9 Å². The van der Waals surface area contributed by atoms with Crippen LogP contribution < -0.4 is 10.5 Å². The normalized spacial score (nSPS) is 17.1. The summed E-state index contributed by atoms with van der Waals surface area (Å²) >= 11 is 0. The Labute approximate surface area is 118 Å². The molecule has 1 aliphatic heterocycles. The third-order valence-electron chi connectivity index (χ3n) is 3.94. The van der Waals surface area contributed by atoms with Gasteiger partial charge in [-0.15, -0.1) is 0 Å². The Hall–Kier alpha value is -1.88. The van der Waals surface area contributed by atoms with Crippen molar-refractivity contribution in [2.75, 3.05) is 31.1 Å². The van der Waals surface area contributed by atoms with Crippen molar-refractivity contribution in [3.63, 3.8) is 0 Å². The Morgan fingerprint density at radius 2 is 1.85 bits per heavy atom. The first-order chi connectivity index (χ1) is 9.65. The van der Waals surface area contributed by atoms with Crippen molar-refractivity contribution >= 4 is 16.9 Å². The fourth-order valence-corrected chi connectivity index (χ4v) is 2.67. The first-order valence-electron chi connectivity index (χ1n) is 7.13. The zero-order valence-electron chi connectivity index (χ0n) is 12.0. The van der Waals surface area contributed by atoms with Gasteiger partial charge >= 0.3 is 0 Å². The molecule has 0 atom stereocenters. The Bertz CT molecular complexity index is 656. The SMILES string of the molecule is CC(C)N1CCN(c2nc3ccccc3c(=O)[nH]2)CC1. The number of piperazine rings is 1. The smallest absolute Gasteiger partial charge is 0.260 e. The molecule has 0 aliphatic carbocycles. The zero-order chi connectivity index (χ0) is 14.1. The van der Waals surface area contributed by atoms with Crippen LogP contribution in [0.25, 0.3) is 10.9 Å². The molecule has 0 saturated carbocycles. The second-order valence-corrected chi connectivity index (χ2v) is 5.52. The highest BCUT2D eigenvalue weighted by Crippen LogP contribution is 2.14. The van der Waals surface area contributed by atoms with Gasteiger partial charge in [0.2, 0.25) is 5.95 Å². The topological polar surface area (TPSA) is 52.2 Å². The molecule has 106 valence electrons. The molecule has 1 aliphatic rings. The number of benzene rings is 1. The van der Waals surface area contributed by atoms with E-state index in [2.05, 4.69) is 33.6 Å². The standard InChI is InChI=1S/C15H20N4O/c1-11(2)18-7-9-19(10-8-18)15-16-13-6-4-3-5-12(13)14(20)17-15/h3-6,11H,7-10H2,1-2H3,(H,16,17,20). The molecule has 1 fully saturated rings. The summed E-state index contributed by atoms with van der Waals surface area (Å²) in [6, 6.07) is 8.04. The van der Waals surface area contributed by atoms with Gasteiger partial charge in [0.25, 0.3) is 5.56 Å². The second-order valence-electron chi connectivity index (χ2n) is 5.52. The van der Waals surface area contributed by atoms with Crippen molar-refractivity contribution in [3.05, 3.63) is 34.6 Å². The van der Waals surface area contributed by atoms with Crippen LogP contribution in [0.2, 0.25) is 0 Å². The number of aromatic amines is 1. The first-order valence-corrected chi connectivity index (χ1v) is 7.13. The maximum Gasteiger partial charge on any atom is 0.260 e. The summed E-state index contributed by atoms with van der Waals surface area (Å²) < 4.78 is 0. The van der Waals surface area contributed by atoms with E-state index in [1.54, 1.807) is 0 Å². The molecule has 5 heteroatoms. The largest absolute Gasteiger partial charge is 0.340 e. The summed E-state index contributed by atoms with van der Waals surface area (Å²) in [6.07, 6.45) is 0. The first kappa shape index (κ1) is 13.1. The molecule has 5 nitrogen and oxygen atoms in total. The van der Waals surface area contributed by atoms with Gasteiger partial charge in [0.05, 0.1) is 10.9 Å². The lowest BCUT2D eigenvalue weighted by atomic mass is 10.2. The van der Waals surface area contributed by atoms with Crippen molar-refractivity contribution in [1.29, 1.82) is 0 Å². The highest BCUT2D eigenvalue weighted by atomic mass is 16.1. The Balaban J connectivity index is 1.87. The average molecular weight is 272 g/mol. The third-order valence-corrected chi connectivity index (χ3v) is 3.94. The van der Waals surface area contributed by atoms with Gasteiger partial charge in [-0.05, 0) is 26.0 Å². The van der Waals surface area contributed by atoms with Crippen LogP contribution in [0.15, 0.2) is 29.1 Å². The summed E-state index contributed by atoms with van der Waals surface area (Å²) in [6.45, 7) is 8.25. The summed E-state index contributed by atoms with van der Waals surface area (Å²) in [5.74, 6) is 0.692. The molecule has 0 unspecified atom stereocenters. The number of rotatable bonds is 2. The lowest BCUT2D eigenvalue weighted by Gasteiger charge is -2.37. The monoisotopic (exact) mass is 272 g/mol. The Morgan fingerprint density at radius 3 is 2.55 bits per heavy atom. The Kier molecular flexibility index (Phi) is 3.44. The molecule has 20 heavy (non-hydrogen) atoms. The number of para-hydroxylation sites is 1. The van der Waals surface area contributed by atoms with Gasteiger partial charge in [-0.1, -0.05) is 12.1 Å². The van der Waals surface area contributed by atoms with Crippen LogP contribution in [0.5, 0.6) is 0 Å². The van der Waals surface area contributed by atoms with Crippen LogP contribution >= 0.6 is 0 Å². The van der Waals surface area contributed by atoms with Crippen LogP contribution in [0, 0.1) is 0 Å². The van der Waals surface area contributed by atoms with Crippen molar-refractivity contribution in [1.82, 2.24) is 14.9 Å². The third kappa shape index (κ3) is 2.41. The van der Waals surface area contributed by atoms with E-state index in [1.807, 2.05) is 24.3 Å². The molecule has 1 saturated heterocycles. The van der Waals surface area contributed by atoms with Gasteiger partial charge in [0.1, 0.15) is 0 Å². The highest BCUT2D eigenvalue weighted by Gasteiger charge is 2.20. The number of fused-ring (bicyclic) bond motifs is 1. The maximum absolute atomic E-state index is 12.1. The van der Waals surface area contributed by atoms with Gasteiger partial charge in [-0.2, -0.15) is 0 Å². The van der Waals surface area contributed by atoms with E-state index in [1.165, 1.54) is 0 Å². The number of H-pyrrole nitrogens is 1. The molecule has 0 spiro atoms. The lowest BCUT2D eigenvalue weighted by Crippen LogP contribution is -2.49. The molecule has 0 amide bonds. The molecule has 0 bridgehead atoms. The second kappa shape index (κ2) is 5.25. The van der Waals surface area contributed by atoms with Crippen LogP contribution in [-0.2, 0) is 0 Å². The number of nitrogens with zero attached hydrogens (tertiary/aromatic N) is 3. The van der Waals surface area contributed by atoms with Crippen molar-refractivity contribution in [3.8, 4) is 0 Å². The molecular weight excluding hydrogens is 252 g/mol. The van der Waals surface area contributed by atoms with Gasteiger partial charge in [-0.25, -0.2) is 4.98 Å². The minimum Gasteiger partial charge on any atom is -0.340 e. The molecule has 1 aromatic heterocycles. The summed E-state index contributed by atoms with van der Waals surface area (Å²) in [4.78, 5) is 24.2. The van der Waals surface area contributed by atoms with E-state index >= 15 is 0 Å². The van der Waals surface area contributed by atoms with Crippen molar-refractivity contribution < 1.29 is 0 Å². The minimum absolute atomic E-state index is 0.0584. The number of anilines is 1. The van der Waals surface area contributed by atoms with Crippen LogP contribution in [0.3, 0.4) is 0 Å². The number of aromatic nitrogens is 2. The molecule has 2 heterocycles.